The minimum atomic E-state index is -1.25. The van der Waals surface area contributed by atoms with Gasteiger partial charge in [0.25, 0.3) is 0 Å². The first-order valence-corrected chi connectivity index (χ1v) is 22.2. The average molecular weight is 742 g/mol. The zero-order valence-electron chi connectivity index (χ0n) is 34.7. The van der Waals surface area contributed by atoms with E-state index < -0.39 is 29.9 Å². The third-order valence-electron chi connectivity index (χ3n) is 18.3. The first kappa shape index (κ1) is 39.1. The van der Waals surface area contributed by atoms with E-state index in [1.165, 1.54) is 84.1 Å². The SMILES string of the molecule is CC(=O)OC(C1CC(C)C2C(O1)C(O)C1(C)C3CCC4C(C)(C)C(OC5CN(CC6CCCCCCC6)CCO5)CCC45CC35CCC21C)C(C)(C)O. The van der Waals surface area contributed by atoms with E-state index in [0.717, 1.165) is 44.9 Å². The van der Waals surface area contributed by atoms with Crippen LogP contribution in [0.1, 0.15) is 152 Å². The van der Waals surface area contributed by atoms with Crippen LogP contribution in [-0.4, -0.2) is 89.7 Å². The van der Waals surface area contributed by atoms with Gasteiger partial charge in [-0.2, -0.15) is 0 Å². The van der Waals surface area contributed by atoms with Crippen LogP contribution in [0.3, 0.4) is 0 Å². The summed E-state index contributed by atoms with van der Waals surface area (Å²) in [5.41, 5.74) is -0.901. The van der Waals surface area contributed by atoms with Gasteiger partial charge >= 0.3 is 5.97 Å². The summed E-state index contributed by atoms with van der Waals surface area (Å²) < 4.78 is 26.0. The van der Waals surface area contributed by atoms with Crippen molar-refractivity contribution in [1.82, 2.24) is 4.90 Å². The van der Waals surface area contributed by atoms with Gasteiger partial charge in [-0.15, -0.1) is 0 Å². The van der Waals surface area contributed by atoms with Crippen LogP contribution in [-0.2, 0) is 23.7 Å². The van der Waals surface area contributed by atoms with Crippen LogP contribution in [0.5, 0.6) is 0 Å². The summed E-state index contributed by atoms with van der Waals surface area (Å²) in [5.74, 6) is 1.99. The highest BCUT2D eigenvalue weighted by Gasteiger charge is 2.84. The molecular weight excluding hydrogens is 666 g/mol. The maximum atomic E-state index is 12.7. The van der Waals surface area contributed by atoms with E-state index in [9.17, 15) is 15.0 Å². The van der Waals surface area contributed by atoms with E-state index in [4.69, 9.17) is 18.9 Å². The van der Waals surface area contributed by atoms with E-state index in [1.54, 1.807) is 13.8 Å². The third kappa shape index (κ3) is 6.05. The Morgan fingerprint density at radius 1 is 0.943 bits per heavy atom. The van der Waals surface area contributed by atoms with Crippen molar-refractivity contribution < 1.29 is 34.0 Å². The lowest BCUT2D eigenvalue weighted by Crippen LogP contribution is -2.60. The van der Waals surface area contributed by atoms with Crippen molar-refractivity contribution in [3.05, 3.63) is 0 Å². The van der Waals surface area contributed by atoms with E-state index in [2.05, 4.69) is 39.5 Å². The predicted octanol–water partition coefficient (Wildman–Crippen LogP) is 7.91. The number of rotatable bonds is 7. The van der Waals surface area contributed by atoms with Crippen molar-refractivity contribution in [2.75, 3.05) is 26.2 Å². The smallest absolute Gasteiger partial charge is 0.303 e. The first-order valence-electron chi connectivity index (χ1n) is 22.2. The molecule has 302 valence electrons. The molecule has 0 amide bonds. The lowest BCUT2D eigenvalue weighted by Gasteiger charge is -2.64. The molecule has 2 N–H and O–H groups in total. The molecule has 2 saturated heterocycles. The Hall–Kier alpha value is -0.770. The molecule has 0 aromatic carbocycles. The van der Waals surface area contributed by atoms with Gasteiger partial charge in [-0.25, -0.2) is 0 Å². The molecule has 14 atom stereocenters. The van der Waals surface area contributed by atoms with Crippen molar-refractivity contribution in [2.24, 2.45) is 56.7 Å². The van der Waals surface area contributed by atoms with Crippen molar-refractivity contribution in [2.45, 2.75) is 194 Å². The third-order valence-corrected chi connectivity index (χ3v) is 18.3. The topological polar surface area (TPSA) is 97.7 Å². The Bertz CT molecular complexity index is 1360. The fourth-order valence-electron chi connectivity index (χ4n) is 15.8. The fourth-order valence-corrected chi connectivity index (χ4v) is 15.8. The Morgan fingerprint density at radius 3 is 2.32 bits per heavy atom. The van der Waals surface area contributed by atoms with Gasteiger partial charge in [0.05, 0.1) is 36.6 Å². The number of ether oxygens (including phenoxy) is 4. The highest BCUT2D eigenvalue weighted by Crippen LogP contribution is 2.89. The van der Waals surface area contributed by atoms with Crippen LogP contribution in [0, 0.1) is 56.7 Å². The number of esters is 1. The molecule has 6 aliphatic carbocycles. The van der Waals surface area contributed by atoms with E-state index in [-0.39, 0.29) is 52.0 Å². The van der Waals surface area contributed by atoms with Crippen LogP contribution >= 0.6 is 0 Å². The summed E-state index contributed by atoms with van der Waals surface area (Å²) in [5, 5.41) is 23.7. The molecule has 8 aliphatic rings. The number of morpholine rings is 1. The lowest BCUT2D eigenvalue weighted by molar-refractivity contribution is -0.249. The Morgan fingerprint density at radius 2 is 1.62 bits per heavy atom. The molecule has 2 heterocycles. The van der Waals surface area contributed by atoms with Gasteiger partial charge in [-0.05, 0) is 129 Å². The molecule has 8 fully saturated rings. The molecule has 14 unspecified atom stereocenters. The fraction of sp³-hybridized carbons (Fsp3) is 0.978. The van der Waals surface area contributed by atoms with Gasteiger partial charge in [0.1, 0.15) is 0 Å². The highest BCUT2D eigenvalue weighted by molar-refractivity contribution is 5.66. The lowest BCUT2D eigenvalue weighted by atomic mass is 9.41. The largest absolute Gasteiger partial charge is 0.457 e. The molecule has 0 aromatic rings. The second-order valence-electron chi connectivity index (χ2n) is 21.6. The minimum Gasteiger partial charge on any atom is -0.457 e. The number of nitrogens with zero attached hydrogens (tertiary/aromatic N) is 1. The number of aliphatic hydroxyl groups is 2. The molecule has 0 radical (unpaired) electrons. The summed E-state index contributed by atoms with van der Waals surface area (Å²) in [6.45, 7) is 20.9. The second-order valence-corrected chi connectivity index (χ2v) is 21.6. The highest BCUT2D eigenvalue weighted by atomic mass is 16.7. The Kier molecular flexibility index (Phi) is 10.1. The summed E-state index contributed by atoms with van der Waals surface area (Å²) in [7, 11) is 0. The molecule has 6 saturated carbocycles. The molecule has 0 aromatic heterocycles. The maximum absolute atomic E-state index is 12.7. The summed E-state index contributed by atoms with van der Waals surface area (Å²) in [6.07, 6.45) is 16.7. The number of hydrogen-bond acceptors (Lipinski definition) is 8. The minimum absolute atomic E-state index is 0.0460. The monoisotopic (exact) mass is 742 g/mol. The molecule has 8 rings (SSSR count). The molecule has 8 heteroatoms. The van der Waals surface area contributed by atoms with Crippen molar-refractivity contribution in [1.29, 1.82) is 0 Å². The zero-order valence-corrected chi connectivity index (χ0v) is 34.7. The second kappa shape index (κ2) is 13.7. The van der Waals surface area contributed by atoms with Gasteiger partial charge in [0.2, 0.25) is 0 Å². The molecule has 2 aliphatic heterocycles. The number of fused-ring (bicyclic) bond motifs is 4. The molecule has 53 heavy (non-hydrogen) atoms. The Labute approximate surface area is 321 Å². The van der Waals surface area contributed by atoms with Crippen LogP contribution in [0.15, 0.2) is 0 Å². The van der Waals surface area contributed by atoms with Gasteiger partial charge in [0.15, 0.2) is 12.4 Å². The average Bonchev–Trinajstić information content (AvgIpc) is 3.70. The molecular formula is C45H75NO7. The molecule has 0 bridgehead atoms. The van der Waals surface area contributed by atoms with Crippen LogP contribution < -0.4 is 0 Å². The number of carbonyl (C=O) groups is 1. The predicted molar refractivity (Wildman–Crippen MR) is 205 cm³/mol. The summed E-state index contributed by atoms with van der Waals surface area (Å²) >= 11 is 0. The van der Waals surface area contributed by atoms with Crippen molar-refractivity contribution in [3.63, 3.8) is 0 Å². The summed E-state index contributed by atoms with van der Waals surface area (Å²) in [4.78, 5) is 14.8. The number of carbonyl (C=O) groups excluding carboxylic acids is 1. The van der Waals surface area contributed by atoms with Crippen molar-refractivity contribution >= 4 is 5.97 Å². The number of hydrogen-bond donors (Lipinski definition) is 2. The van der Waals surface area contributed by atoms with E-state index in [1.807, 2.05) is 0 Å². The van der Waals surface area contributed by atoms with Crippen LogP contribution in [0.2, 0.25) is 0 Å². The quantitative estimate of drug-likeness (QED) is 0.254. The molecule has 8 nitrogen and oxygen atoms in total. The van der Waals surface area contributed by atoms with E-state index >= 15 is 0 Å². The van der Waals surface area contributed by atoms with Gasteiger partial charge in [-0.3, -0.25) is 9.69 Å². The van der Waals surface area contributed by atoms with E-state index in [0.29, 0.717) is 23.7 Å². The van der Waals surface area contributed by atoms with Crippen LogP contribution in [0.25, 0.3) is 0 Å². The summed E-state index contributed by atoms with van der Waals surface area (Å²) in [6, 6.07) is 0. The first-order chi connectivity index (χ1) is 25.0. The Balaban J connectivity index is 0.973. The number of aliphatic hydroxyl groups excluding tert-OH is 1. The van der Waals surface area contributed by atoms with Crippen molar-refractivity contribution in [3.8, 4) is 0 Å². The molecule has 2 spiro atoms. The van der Waals surface area contributed by atoms with Gasteiger partial charge in [0, 0.05) is 32.0 Å². The van der Waals surface area contributed by atoms with Gasteiger partial charge in [-0.1, -0.05) is 66.7 Å². The zero-order chi connectivity index (χ0) is 37.8. The van der Waals surface area contributed by atoms with Crippen LogP contribution in [0.4, 0.5) is 0 Å². The normalized spacial score (nSPS) is 49.2. The maximum Gasteiger partial charge on any atom is 0.303 e. The van der Waals surface area contributed by atoms with Gasteiger partial charge < -0.3 is 29.2 Å². The standard InChI is InChI=1S/C45H75NO7/c1-28-24-31(39(41(5,6)49)51-29(2)47)52-37-36(28)42(7)20-21-45-27-44(45)19-18-34(40(3,4)32(44)16-17-33(45)43(42,8)38(37)48)53-35-26-46(22-23-50-35)25-30-14-12-10-9-11-13-15-30/h28,30-39,48-49H,9-27H2,1-8H3.